The van der Waals surface area contributed by atoms with Gasteiger partial charge in [0.1, 0.15) is 0 Å². The molecule has 1 nitrogen and oxygen atoms in total. The highest BCUT2D eigenvalue weighted by molar-refractivity contribution is 6.71. The highest BCUT2D eigenvalue weighted by atomic mass is 28.4. The molecule has 0 aromatic carbocycles. The van der Waals surface area contributed by atoms with Crippen molar-refractivity contribution in [3.63, 3.8) is 0 Å². The third-order valence-corrected chi connectivity index (χ3v) is 4.78. The van der Waals surface area contributed by atoms with Crippen LogP contribution in [0, 0.1) is 0 Å². The SMILES string of the molecule is CCCC[Si](C)(O)CC. The first-order chi connectivity index (χ1) is 4.12. The Bertz CT molecular complexity index is 71.3. The lowest BCUT2D eigenvalue weighted by Crippen LogP contribution is -2.27. The first-order valence-electron chi connectivity index (χ1n) is 3.84. The molecule has 0 aliphatic heterocycles. The smallest absolute Gasteiger partial charge is 0.185 e. The van der Waals surface area contributed by atoms with Gasteiger partial charge in [-0.15, -0.1) is 0 Å². The molecule has 0 saturated carbocycles. The fourth-order valence-corrected chi connectivity index (χ4v) is 2.20. The summed E-state index contributed by atoms with van der Waals surface area (Å²) >= 11 is 0. The molecule has 0 saturated heterocycles. The molecule has 0 amide bonds. The molecule has 1 atom stereocenters. The first-order valence-corrected chi connectivity index (χ1v) is 6.71. The van der Waals surface area contributed by atoms with Gasteiger partial charge in [0.25, 0.3) is 0 Å². The molecular weight excluding hydrogens is 128 g/mol. The van der Waals surface area contributed by atoms with Crippen molar-refractivity contribution >= 4 is 8.32 Å². The predicted octanol–water partition coefficient (Wildman–Crippen LogP) is 2.37. The standard InChI is InChI=1S/C7H18OSi/c1-4-6-7-9(3,8)5-2/h8H,4-7H2,1-3H3. The van der Waals surface area contributed by atoms with Crippen LogP contribution in [-0.4, -0.2) is 13.1 Å². The Balaban J connectivity index is 3.33. The highest BCUT2D eigenvalue weighted by Crippen LogP contribution is 2.13. The van der Waals surface area contributed by atoms with Crippen molar-refractivity contribution in [2.75, 3.05) is 0 Å². The second-order valence-electron chi connectivity index (χ2n) is 2.95. The van der Waals surface area contributed by atoms with Crippen LogP contribution >= 0.6 is 0 Å². The van der Waals surface area contributed by atoms with Gasteiger partial charge in [-0.05, 0) is 18.6 Å². The van der Waals surface area contributed by atoms with Crippen LogP contribution in [-0.2, 0) is 0 Å². The quantitative estimate of drug-likeness (QED) is 0.604. The van der Waals surface area contributed by atoms with Gasteiger partial charge in [0, 0.05) is 0 Å². The van der Waals surface area contributed by atoms with Gasteiger partial charge in [-0.25, -0.2) is 0 Å². The van der Waals surface area contributed by atoms with Crippen LogP contribution in [0.5, 0.6) is 0 Å². The number of unbranched alkanes of at least 4 members (excludes halogenated alkanes) is 1. The van der Waals surface area contributed by atoms with Gasteiger partial charge in [-0.2, -0.15) is 0 Å². The van der Waals surface area contributed by atoms with Crippen LogP contribution in [0.2, 0.25) is 18.6 Å². The normalized spacial score (nSPS) is 17.3. The van der Waals surface area contributed by atoms with E-state index in [1.807, 2.05) is 6.55 Å². The third kappa shape index (κ3) is 4.67. The van der Waals surface area contributed by atoms with Gasteiger partial charge in [-0.1, -0.05) is 26.7 Å². The van der Waals surface area contributed by atoms with Crippen LogP contribution < -0.4 is 0 Å². The average Bonchev–Trinajstić information content (AvgIpc) is 1.84. The summed E-state index contributed by atoms with van der Waals surface area (Å²) in [5.74, 6) is 0. The van der Waals surface area contributed by atoms with E-state index in [4.69, 9.17) is 0 Å². The summed E-state index contributed by atoms with van der Waals surface area (Å²) in [5.41, 5.74) is 0. The summed E-state index contributed by atoms with van der Waals surface area (Å²) in [6, 6.07) is 2.09. The fourth-order valence-electron chi connectivity index (χ4n) is 0.734. The van der Waals surface area contributed by atoms with Crippen molar-refractivity contribution in [3.8, 4) is 0 Å². The maximum absolute atomic E-state index is 9.59. The lowest BCUT2D eigenvalue weighted by molar-refractivity contribution is 0.533. The Morgan fingerprint density at radius 1 is 1.33 bits per heavy atom. The van der Waals surface area contributed by atoms with Crippen molar-refractivity contribution in [3.05, 3.63) is 0 Å². The van der Waals surface area contributed by atoms with E-state index in [9.17, 15) is 4.80 Å². The van der Waals surface area contributed by atoms with E-state index in [2.05, 4.69) is 13.8 Å². The minimum absolute atomic E-state index is 1.01. The lowest BCUT2D eigenvalue weighted by atomic mass is 10.4. The van der Waals surface area contributed by atoms with E-state index in [0.29, 0.717) is 0 Å². The second kappa shape index (κ2) is 4.07. The number of hydrogen-bond donors (Lipinski definition) is 1. The predicted molar refractivity (Wildman–Crippen MR) is 44.0 cm³/mol. The van der Waals surface area contributed by atoms with E-state index in [1.54, 1.807) is 0 Å². The van der Waals surface area contributed by atoms with Crippen molar-refractivity contribution in [1.82, 2.24) is 0 Å². The third-order valence-electron chi connectivity index (χ3n) is 1.83. The summed E-state index contributed by atoms with van der Waals surface area (Å²) in [6.45, 7) is 6.30. The fraction of sp³-hybridized carbons (Fsp3) is 1.00. The minimum Gasteiger partial charge on any atom is -0.432 e. The van der Waals surface area contributed by atoms with Gasteiger partial charge >= 0.3 is 0 Å². The Hall–Kier alpha value is 0.177. The van der Waals surface area contributed by atoms with Gasteiger partial charge in [-0.3, -0.25) is 0 Å². The zero-order valence-electron chi connectivity index (χ0n) is 6.78. The molecule has 0 spiro atoms. The molecule has 0 aromatic heterocycles. The van der Waals surface area contributed by atoms with Crippen LogP contribution in [0.3, 0.4) is 0 Å². The van der Waals surface area contributed by atoms with E-state index in [1.165, 1.54) is 12.8 Å². The maximum Gasteiger partial charge on any atom is 0.185 e. The van der Waals surface area contributed by atoms with E-state index in [-0.39, 0.29) is 0 Å². The minimum atomic E-state index is -1.70. The number of hydrogen-bond acceptors (Lipinski definition) is 1. The monoisotopic (exact) mass is 146 g/mol. The molecule has 0 rings (SSSR count). The molecule has 9 heavy (non-hydrogen) atoms. The van der Waals surface area contributed by atoms with Gasteiger partial charge in [0.05, 0.1) is 0 Å². The molecular formula is C7H18OSi. The molecule has 1 unspecified atom stereocenters. The van der Waals surface area contributed by atoms with Crippen molar-refractivity contribution < 1.29 is 4.80 Å². The number of rotatable bonds is 4. The highest BCUT2D eigenvalue weighted by Gasteiger charge is 2.19. The van der Waals surface area contributed by atoms with Crippen LogP contribution in [0.15, 0.2) is 0 Å². The molecule has 0 bridgehead atoms. The van der Waals surface area contributed by atoms with Crippen molar-refractivity contribution in [2.45, 2.75) is 45.3 Å². The zero-order valence-corrected chi connectivity index (χ0v) is 7.78. The first kappa shape index (κ1) is 9.18. The van der Waals surface area contributed by atoms with E-state index < -0.39 is 8.32 Å². The van der Waals surface area contributed by atoms with Crippen molar-refractivity contribution in [2.24, 2.45) is 0 Å². The summed E-state index contributed by atoms with van der Waals surface area (Å²) in [7, 11) is -1.70. The van der Waals surface area contributed by atoms with Gasteiger partial charge in [0.15, 0.2) is 8.32 Å². The van der Waals surface area contributed by atoms with E-state index in [0.717, 1.165) is 12.1 Å². The second-order valence-corrected chi connectivity index (χ2v) is 7.16. The Kier molecular flexibility index (Phi) is 4.15. The molecule has 56 valence electrons. The average molecular weight is 146 g/mol. The summed E-state index contributed by atoms with van der Waals surface area (Å²) < 4.78 is 0. The Labute approximate surface area is 59.2 Å². The summed E-state index contributed by atoms with van der Waals surface area (Å²) in [6.07, 6.45) is 2.41. The Morgan fingerprint density at radius 3 is 2.22 bits per heavy atom. The summed E-state index contributed by atoms with van der Waals surface area (Å²) in [4.78, 5) is 9.59. The topological polar surface area (TPSA) is 20.2 Å². The molecule has 0 aliphatic carbocycles. The molecule has 0 heterocycles. The van der Waals surface area contributed by atoms with Crippen LogP contribution in [0.1, 0.15) is 26.7 Å². The molecule has 0 aliphatic rings. The van der Waals surface area contributed by atoms with Gasteiger partial charge < -0.3 is 4.80 Å². The zero-order chi connectivity index (χ0) is 7.33. The molecule has 0 fully saturated rings. The molecule has 1 N–H and O–H groups in total. The van der Waals surface area contributed by atoms with Crippen molar-refractivity contribution in [1.29, 1.82) is 0 Å². The lowest BCUT2D eigenvalue weighted by Gasteiger charge is -2.16. The maximum atomic E-state index is 9.59. The largest absolute Gasteiger partial charge is 0.432 e. The van der Waals surface area contributed by atoms with E-state index >= 15 is 0 Å². The van der Waals surface area contributed by atoms with Gasteiger partial charge in [0.2, 0.25) is 0 Å². The van der Waals surface area contributed by atoms with Crippen LogP contribution in [0.25, 0.3) is 0 Å². The molecule has 0 aromatic rings. The molecule has 0 radical (unpaired) electrons. The Morgan fingerprint density at radius 2 is 1.89 bits per heavy atom. The summed E-state index contributed by atoms with van der Waals surface area (Å²) in [5, 5.41) is 0. The van der Waals surface area contributed by atoms with Crippen LogP contribution in [0.4, 0.5) is 0 Å². The molecule has 2 heteroatoms.